The van der Waals surface area contributed by atoms with Crippen LogP contribution in [0.1, 0.15) is 0 Å². The number of piperazine rings is 1. The van der Waals surface area contributed by atoms with Crippen LogP contribution in [0.15, 0.2) is 18.2 Å². The Kier molecular flexibility index (Phi) is 5.92. The number of ether oxygens (including phenoxy) is 1. The Bertz CT molecular complexity index is 429. The number of hydrogen-bond donors (Lipinski definition) is 2. The van der Waals surface area contributed by atoms with Crippen molar-refractivity contribution >= 4 is 11.4 Å². The van der Waals surface area contributed by atoms with E-state index in [1.807, 2.05) is 0 Å². The topological polar surface area (TPSA) is 64.5 Å². The third kappa shape index (κ3) is 4.74. The molecule has 1 aliphatic rings. The molecule has 1 aromatic carbocycles. The molecule has 0 atom stereocenters. The monoisotopic (exact) mass is 300 g/mol. The van der Waals surface area contributed by atoms with E-state index >= 15 is 0 Å². The molecule has 1 aromatic rings. The van der Waals surface area contributed by atoms with E-state index in [9.17, 15) is 0 Å². The maximum atomic E-state index is 5.85. The van der Waals surface area contributed by atoms with Gasteiger partial charge >= 0.3 is 0 Å². The zero-order chi connectivity index (χ0) is 13.9. The van der Waals surface area contributed by atoms with E-state index in [0.717, 1.165) is 24.1 Å². The SMILES string of the molecule is C[N+]1(C)CCN(CCOc2cc(N)ccc2N)CC1.[Cl-]. The maximum absolute atomic E-state index is 5.85. The lowest BCUT2D eigenvalue weighted by molar-refractivity contribution is -0.894. The average molecular weight is 301 g/mol. The second kappa shape index (κ2) is 7.02. The summed E-state index contributed by atoms with van der Waals surface area (Å²) in [4.78, 5) is 2.44. The van der Waals surface area contributed by atoms with Crippen molar-refractivity contribution in [1.82, 2.24) is 4.90 Å². The summed E-state index contributed by atoms with van der Waals surface area (Å²) >= 11 is 0. The van der Waals surface area contributed by atoms with Crippen LogP contribution in [-0.4, -0.2) is 62.8 Å². The molecule has 4 N–H and O–H groups in total. The van der Waals surface area contributed by atoms with Gasteiger partial charge in [0.25, 0.3) is 0 Å². The highest BCUT2D eigenvalue weighted by molar-refractivity contribution is 5.59. The van der Waals surface area contributed by atoms with Crippen LogP contribution < -0.4 is 28.6 Å². The molecule has 0 unspecified atom stereocenters. The molecule has 1 saturated heterocycles. The molecular formula is C14H25ClN4O. The van der Waals surface area contributed by atoms with Gasteiger partial charge in [-0.15, -0.1) is 0 Å². The molecule has 114 valence electrons. The van der Waals surface area contributed by atoms with Crippen molar-refractivity contribution in [2.24, 2.45) is 0 Å². The lowest BCUT2D eigenvalue weighted by Crippen LogP contribution is -3.00. The van der Waals surface area contributed by atoms with Crippen molar-refractivity contribution in [1.29, 1.82) is 0 Å². The molecule has 20 heavy (non-hydrogen) atoms. The van der Waals surface area contributed by atoms with Crippen LogP contribution in [0.2, 0.25) is 0 Å². The average Bonchev–Trinajstić information content (AvgIpc) is 2.35. The molecule has 0 saturated carbocycles. The maximum Gasteiger partial charge on any atom is 0.144 e. The van der Waals surface area contributed by atoms with Gasteiger partial charge in [-0.05, 0) is 12.1 Å². The Balaban J connectivity index is 0.00000200. The molecule has 1 heterocycles. The Hall–Kier alpha value is -1.17. The van der Waals surface area contributed by atoms with E-state index in [4.69, 9.17) is 16.2 Å². The predicted octanol–water partition coefficient (Wildman–Crippen LogP) is -2.37. The fraction of sp³-hybridized carbons (Fsp3) is 0.571. The Morgan fingerprint density at radius 2 is 1.85 bits per heavy atom. The van der Waals surface area contributed by atoms with Gasteiger partial charge in [0.15, 0.2) is 0 Å². The van der Waals surface area contributed by atoms with E-state index in [-0.39, 0.29) is 12.4 Å². The molecule has 2 rings (SSSR count). The van der Waals surface area contributed by atoms with Crippen molar-refractivity contribution in [2.75, 3.05) is 64.9 Å². The number of nitrogens with zero attached hydrogens (tertiary/aromatic N) is 2. The number of nitrogens with two attached hydrogens (primary N) is 2. The van der Waals surface area contributed by atoms with Crippen molar-refractivity contribution in [3.8, 4) is 5.75 Å². The minimum Gasteiger partial charge on any atom is -1.00 e. The summed E-state index contributed by atoms with van der Waals surface area (Å²) in [7, 11) is 4.56. The van der Waals surface area contributed by atoms with Gasteiger partial charge in [0.05, 0.1) is 32.9 Å². The molecule has 0 aliphatic carbocycles. The molecule has 0 aromatic heterocycles. The van der Waals surface area contributed by atoms with E-state index in [1.165, 1.54) is 13.1 Å². The summed E-state index contributed by atoms with van der Waals surface area (Å²) in [6.07, 6.45) is 0. The minimum atomic E-state index is 0. The lowest BCUT2D eigenvalue weighted by atomic mass is 10.2. The van der Waals surface area contributed by atoms with Gasteiger partial charge in [0, 0.05) is 31.4 Å². The van der Waals surface area contributed by atoms with Gasteiger partial charge in [0.2, 0.25) is 0 Å². The fourth-order valence-electron chi connectivity index (χ4n) is 2.23. The number of hydrogen-bond acceptors (Lipinski definition) is 4. The van der Waals surface area contributed by atoms with Crippen molar-refractivity contribution in [3.63, 3.8) is 0 Å². The van der Waals surface area contributed by atoms with Crippen LogP contribution >= 0.6 is 0 Å². The first-order chi connectivity index (χ1) is 8.96. The number of likely N-dealkylation sites (N-methyl/N-ethyl adjacent to an activating group) is 1. The first-order valence-electron chi connectivity index (χ1n) is 6.78. The smallest absolute Gasteiger partial charge is 0.144 e. The van der Waals surface area contributed by atoms with Crippen LogP contribution in [-0.2, 0) is 0 Å². The normalized spacial score (nSPS) is 18.3. The van der Waals surface area contributed by atoms with E-state index in [0.29, 0.717) is 23.7 Å². The highest BCUT2D eigenvalue weighted by Gasteiger charge is 2.23. The summed E-state index contributed by atoms with van der Waals surface area (Å²) in [6.45, 7) is 6.24. The Labute approximate surface area is 127 Å². The third-order valence-corrected chi connectivity index (χ3v) is 3.75. The van der Waals surface area contributed by atoms with Crippen LogP contribution in [0.3, 0.4) is 0 Å². The largest absolute Gasteiger partial charge is 1.00 e. The number of anilines is 2. The van der Waals surface area contributed by atoms with Crippen LogP contribution in [0.5, 0.6) is 5.75 Å². The van der Waals surface area contributed by atoms with Crippen LogP contribution in [0.25, 0.3) is 0 Å². The summed E-state index contributed by atoms with van der Waals surface area (Å²) in [5.74, 6) is 0.688. The number of benzene rings is 1. The second-order valence-corrected chi connectivity index (χ2v) is 5.87. The van der Waals surface area contributed by atoms with Gasteiger partial charge in [-0.1, -0.05) is 0 Å². The van der Waals surface area contributed by atoms with Gasteiger partial charge in [-0.2, -0.15) is 0 Å². The number of rotatable bonds is 4. The quantitative estimate of drug-likeness (QED) is 0.482. The zero-order valence-electron chi connectivity index (χ0n) is 12.3. The van der Waals surface area contributed by atoms with Gasteiger partial charge in [-0.3, -0.25) is 4.90 Å². The first kappa shape index (κ1) is 16.9. The second-order valence-electron chi connectivity index (χ2n) is 5.87. The van der Waals surface area contributed by atoms with Crippen LogP contribution in [0.4, 0.5) is 11.4 Å². The minimum absolute atomic E-state index is 0. The molecule has 0 spiro atoms. The number of quaternary nitrogens is 1. The third-order valence-electron chi connectivity index (χ3n) is 3.75. The van der Waals surface area contributed by atoms with Gasteiger partial charge in [0.1, 0.15) is 12.4 Å². The predicted molar refractivity (Wildman–Crippen MR) is 79.0 cm³/mol. The van der Waals surface area contributed by atoms with Crippen LogP contribution in [0, 0.1) is 0 Å². The first-order valence-corrected chi connectivity index (χ1v) is 6.78. The van der Waals surface area contributed by atoms with Crippen molar-refractivity contribution in [3.05, 3.63) is 18.2 Å². The highest BCUT2D eigenvalue weighted by atomic mass is 35.5. The lowest BCUT2D eigenvalue weighted by Gasteiger charge is -2.38. The molecule has 1 aliphatic heterocycles. The van der Waals surface area contributed by atoms with Crippen molar-refractivity contribution < 1.29 is 21.6 Å². The zero-order valence-corrected chi connectivity index (χ0v) is 13.1. The highest BCUT2D eigenvalue weighted by Crippen LogP contribution is 2.23. The van der Waals surface area contributed by atoms with Gasteiger partial charge < -0.3 is 33.1 Å². The molecule has 5 nitrogen and oxygen atoms in total. The fourth-order valence-corrected chi connectivity index (χ4v) is 2.23. The van der Waals surface area contributed by atoms with E-state index < -0.39 is 0 Å². The summed E-state index contributed by atoms with van der Waals surface area (Å²) in [6, 6.07) is 5.35. The molecule has 0 radical (unpaired) electrons. The summed E-state index contributed by atoms with van der Waals surface area (Å²) < 4.78 is 6.83. The summed E-state index contributed by atoms with van der Waals surface area (Å²) in [5, 5.41) is 0. The number of nitrogen functional groups attached to an aromatic ring is 2. The van der Waals surface area contributed by atoms with Crippen molar-refractivity contribution in [2.45, 2.75) is 0 Å². The van der Waals surface area contributed by atoms with Gasteiger partial charge in [-0.25, -0.2) is 0 Å². The van der Waals surface area contributed by atoms with E-state index in [1.54, 1.807) is 18.2 Å². The molecule has 0 amide bonds. The molecule has 6 heteroatoms. The Morgan fingerprint density at radius 1 is 1.20 bits per heavy atom. The summed E-state index contributed by atoms with van der Waals surface area (Å²) in [5.41, 5.74) is 12.9. The van der Waals surface area contributed by atoms with E-state index in [2.05, 4.69) is 19.0 Å². The standard InChI is InChI=1S/C14H25N4O.ClH/c1-18(2)8-5-17(6-9-18)7-10-19-14-11-12(15)3-4-13(14)16;/h3-4,11H,5-10,15-16H2,1-2H3;1H/q+1;/p-1. The molecule has 1 fully saturated rings. The number of halogens is 1. The molecule has 0 bridgehead atoms. The Morgan fingerprint density at radius 3 is 2.50 bits per heavy atom. The molecular weight excluding hydrogens is 276 g/mol.